The predicted molar refractivity (Wildman–Crippen MR) is 83.4 cm³/mol. The van der Waals surface area contributed by atoms with Crippen LogP contribution in [0.2, 0.25) is 5.15 Å². The van der Waals surface area contributed by atoms with Crippen molar-refractivity contribution >= 4 is 11.6 Å². The summed E-state index contributed by atoms with van der Waals surface area (Å²) in [6, 6.07) is 12.1. The lowest BCUT2D eigenvalue weighted by Crippen LogP contribution is -2.29. The molecule has 1 aromatic heterocycles. The molecule has 1 aromatic carbocycles. The Morgan fingerprint density at radius 3 is 2.60 bits per heavy atom. The molecule has 0 saturated heterocycles. The highest BCUT2D eigenvalue weighted by Crippen LogP contribution is 2.23. The number of halogens is 1. The highest BCUT2D eigenvalue weighted by atomic mass is 35.5. The molecule has 1 unspecified atom stereocenters. The second kappa shape index (κ2) is 6.84. The van der Waals surface area contributed by atoms with Crippen molar-refractivity contribution in [3.8, 4) is 0 Å². The first-order valence-corrected chi connectivity index (χ1v) is 7.14. The van der Waals surface area contributed by atoms with Crippen molar-refractivity contribution in [3.63, 3.8) is 0 Å². The smallest absolute Gasteiger partial charge is 0.129 e. The fourth-order valence-corrected chi connectivity index (χ4v) is 2.43. The van der Waals surface area contributed by atoms with E-state index in [1.807, 2.05) is 6.07 Å². The molecule has 2 rings (SSSR count). The number of hydrazine groups is 1. The van der Waals surface area contributed by atoms with Gasteiger partial charge in [0, 0.05) is 6.20 Å². The van der Waals surface area contributed by atoms with Crippen molar-refractivity contribution in [2.24, 2.45) is 11.8 Å². The Morgan fingerprint density at radius 2 is 2.00 bits per heavy atom. The molecule has 0 aliphatic rings. The number of rotatable bonds is 5. The maximum Gasteiger partial charge on any atom is 0.129 e. The average Bonchev–Trinajstić information content (AvgIpc) is 2.41. The second-order valence-electron chi connectivity index (χ2n) is 5.36. The topological polar surface area (TPSA) is 50.9 Å². The number of nitrogens with two attached hydrogens (primary N) is 1. The van der Waals surface area contributed by atoms with Gasteiger partial charge in [-0.25, -0.2) is 10.4 Å². The van der Waals surface area contributed by atoms with Gasteiger partial charge in [0.05, 0.1) is 6.04 Å². The normalized spacial score (nSPS) is 12.7. The van der Waals surface area contributed by atoms with Crippen LogP contribution in [-0.2, 0) is 6.42 Å². The minimum absolute atomic E-state index is 0.0770. The molecule has 2 aromatic rings. The third-order valence-electron chi connectivity index (χ3n) is 3.18. The number of benzene rings is 1. The average molecular weight is 290 g/mol. The fourth-order valence-electron chi connectivity index (χ4n) is 2.31. The fraction of sp³-hybridized carbons (Fsp3) is 0.312. The Bertz CT molecular complexity index is 552. The summed E-state index contributed by atoms with van der Waals surface area (Å²) >= 11 is 5.83. The zero-order chi connectivity index (χ0) is 14.5. The van der Waals surface area contributed by atoms with Crippen molar-refractivity contribution in [2.75, 3.05) is 0 Å². The number of pyridine rings is 1. The van der Waals surface area contributed by atoms with Crippen LogP contribution in [-0.4, -0.2) is 4.98 Å². The van der Waals surface area contributed by atoms with Crippen LogP contribution in [0.1, 0.15) is 36.6 Å². The van der Waals surface area contributed by atoms with E-state index in [4.69, 9.17) is 17.4 Å². The number of hydrogen-bond acceptors (Lipinski definition) is 3. The van der Waals surface area contributed by atoms with Crippen LogP contribution in [0.25, 0.3) is 0 Å². The van der Waals surface area contributed by atoms with Gasteiger partial charge in [-0.3, -0.25) is 5.84 Å². The molecule has 4 heteroatoms. The SMILES string of the molecule is CC(C)Cc1cccc(C(NN)c2ccc(Cl)nc2)c1. The summed E-state index contributed by atoms with van der Waals surface area (Å²) in [5.41, 5.74) is 6.30. The zero-order valence-corrected chi connectivity index (χ0v) is 12.6. The van der Waals surface area contributed by atoms with Crippen LogP contribution >= 0.6 is 11.6 Å². The summed E-state index contributed by atoms with van der Waals surface area (Å²) in [7, 11) is 0. The molecule has 1 atom stereocenters. The number of nitrogens with zero attached hydrogens (tertiary/aromatic N) is 1. The van der Waals surface area contributed by atoms with Gasteiger partial charge in [0.15, 0.2) is 0 Å². The second-order valence-corrected chi connectivity index (χ2v) is 5.74. The molecule has 0 spiro atoms. The van der Waals surface area contributed by atoms with Crippen molar-refractivity contribution in [2.45, 2.75) is 26.3 Å². The summed E-state index contributed by atoms with van der Waals surface area (Å²) in [4.78, 5) is 4.11. The van der Waals surface area contributed by atoms with Crippen molar-refractivity contribution in [3.05, 3.63) is 64.4 Å². The Balaban J connectivity index is 2.29. The van der Waals surface area contributed by atoms with Gasteiger partial charge in [-0.05, 0) is 35.1 Å². The zero-order valence-electron chi connectivity index (χ0n) is 11.8. The highest BCUT2D eigenvalue weighted by molar-refractivity contribution is 6.29. The summed E-state index contributed by atoms with van der Waals surface area (Å²) in [6.07, 6.45) is 2.81. The minimum Gasteiger partial charge on any atom is -0.271 e. The highest BCUT2D eigenvalue weighted by Gasteiger charge is 2.13. The van der Waals surface area contributed by atoms with Gasteiger partial charge in [-0.2, -0.15) is 0 Å². The van der Waals surface area contributed by atoms with E-state index in [-0.39, 0.29) is 6.04 Å². The van der Waals surface area contributed by atoms with Crippen LogP contribution in [0.15, 0.2) is 42.6 Å². The molecule has 106 valence electrons. The Hall–Kier alpha value is -1.42. The molecular formula is C16H20ClN3. The first-order valence-electron chi connectivity index (χ1n) is 6.76. The molecule has 0 fully saturated rings. The molecule has 0 radical (unpaired) electrons. The van der Waals surface area contributed by atoms with E-state index in [1.54, 1.807) is 12.3 Å². The van der Waals surface area contributed by atoms with Crippen LogP contribution in [0.3, 0.4) is 0 Å². The monoisotopic (exact) mass is 289 g/mol. The van der Waals surface area contributed by atoms with E-state index >= 15 is 0 Å². The quantitative estimate of drug-likeness (QED) is 0.503. The van der Waals surface area contributed by atoms with Crippen molar-refractivity contribution in [1.82, 2.24) is 10.4 Å². The van der Waals surface area contributed by atoms with Gasteiger partial charge in [-0.15, -0.1) is 0 Å². The van der Waals surface area contributed by atoms with Crippen LogP contribution in [0.5, 0.6) is 0 Å². The summed E-state index contributed by atoms with van der Waals surface area (Å²) in [6.45, 7) is 4.43. The van der Waals surface area contributed by atoms with Crippen LogP contribution < -0.4 is 11.3 Å². The third kappa shape index (κ3) is 3.79. The molecule has 0 amide bonds. The molecule has 1 heterocycles. The largest absolute Gasteiger partial charge is 0.271 e. The summed E-state index contributed by atoms with van der Waals surface area (Å²) in [5.74, 6) is 6.35. The van der Waals surface area contributed by atoms with Crippen LogP contribution in [0, 0.1) is 5.92 Å². The lowest BCUT2D eigenvalue weighted by molar-refractivity contribution is 0.626. The molecule has 0 saturated carbocycles. The van der Waals surface area contributed by atoms with Crippen molar-refractivity contribution < 1.29 is 0 Å². The Labute approximate surface area is 125 Å². The van der Waals surface area contributed by atoms with E-state index in [1.165, 1.54) is 5.56 Å². The number of aromatic nitrogens is 1. The molecule has 20 heavy (non-hydrogen) atoms. The summed E-state index contributed by atoms with van der Waals surface area (Å²) < 4.78 is 0. The van der Waals surface area contributed by atoms with Crippen LogP contribution in [0.4, 0.5) is 0 Å². The lowest BCUT2D eigenvalue weighted by atomic mass is 9.96. The molecule has 0 aliphatic carbocycles. The van der Waals surface area contributed by atoms with Gasteiger partial charge < -0.3 is 0 Å². The van der Waals surface area contributed by atoms with Crippen molar-refractivity contribution in [1.29, 1.82) is 0 Å². The Kier molecular flexibility index (Phi) is 5.12. The van der Waals surface area contributed by atoms with Gasteiger partial charge in [0.1, 0.15) is 5.15 Å². The van der Waals surface area contributed by atoms with Gasteiger partial charge in [-0.1, -0.05) is 55.8 Å². The number of hydrogen-bond donors (Lipinski definition) is 2. The van der Waals surface area contributed by atoms with E-state index < -0.39 is 0 Å². The van der Waals surface area contributed by atoms with E-state index in [2.05, 4.69) is 48.5 Å². The van der Waals surface area contributed by atoms with E-state index in [0.29, 0.717) is 11.1 Å². The first-order chi connectivity index (χ1) is 9.60. The number of nitrogens with one attached hydrogen (secondary N) is 1. The summed E-state index contributed by atoms with van der Waals surface area (Å²) in [5, 5.41) is 0.484. The molecular weight excluding hydrogens is 270 g/mol. The standard InChI is InChI=1S/C16H20ClN3/c1-11(2)8-12-4-3-5-13(9-12)16(20-18)14-6-7-15(17)19-10-14/h3-7,9-11,16,20H,8,18H2,1-2H3. The predicted octanol–water partition coefficient (Wildman–Crippen LogP) is 3.49. The minimum atomic E-state index is -0.0770. The van der Waals surface area contributed by atoms with E-state index in [0.717, 1.165) is 17.5 Å². The molecule has 3 N–H and O–H groups in total. The molecule has 0 aliphatic heterocycles. The maximum atomic E-state index is 5.83. The molecule has 0 bridgehead atoms. The van der Waals surface area contributed by atoms with Gasteiger partial charge in [0.25, 0.3) is 0 Å². The third-order valence-corrected chi connectivity index (χ3v) is 3.40. The lowest BCUT2D eigenvalue weighted by Gasteiger charge is -2.18. The maximum absolute atomic E-state index is 5.83. The van der Waals surface area contributed by atoms with E-state index in [9.17, 15) is 0 Å². The van der Waals surface area contributed by atoms with Gasteiger partial charge in [0.2, 0.25) is 0 Å². The first kappa shape index (κ1) is 15.0. The molecule has 3 nitrogen and oxygen atoms in total. The Morgan fingerprint density at radius 1 is 1.20 bits per heavy atom. The van der Waals surface area contributed by atoms with Gasteiger partial charge >= 0.3 is 0 Å².